The molecule has 0 aliphatic heterocycles. The van der Waals surface area contributed by atoms with Gasteiger partial charge in [0.25, 0.3) is 0 Å². The number of halogens is 3. The molecular weight excluding hydrogens is 237 g/mol. The Labute approximate surface area is 109 Å². The van der Waals surface area contributed by atoms with Gasteiger partial charge in [-0.3, -0.25) is 0 Å². The molecule has 0 saturated heterocycles. The lowest BCUT2D eigenvalue weighted by Gasteiger charge is -2.40. The summed E-state index contributed by atoms with van der Waals surface area (Å²) in [4.78, 5) is 0. The van der Waals surface area contributed by atoms with E-state index in [0.29, 0.717) is 12.8 Å². The van der Waals surface area contributed by atoms with Gasteiger partial charge in [-0.05, 0) is 31.1 Å². The van der Waals surface area contributed by atoms with E-state index >= 15 is 0 Å². The van der Waals surface area contributed by atoms with Gasteiger partial charge in [-0.1, -0.05) is 52.9 Å². The number of hydrogen-bond acceptors (Lipinski definition) is 0. The lowest BCUT2D eigenvalue weighted by Crippen LogP contribution is -2.40. The fraction of sp³-hybridized carbons (Fsp3) is 1.00. The highest BCUT2D eigenvalue weighted by molar-refractivity contribution is 5.09. The maximum Gasteiger partial charge on any atom is 0.395 e. The summed E-state index contributed by atoms with van der Waals surface area (Å²) >= 11 is 0. The van der Waals surface area contributed by atoms with Crippen LogP contribution in [0.25, 0.3) is 0 Å². The van der Waals surface area contributed by atoms with Crippen molar-refractivity contribution in [1.29, 1.82) is 0 Å². The van der Waals surface area contributed by atoms with Crippen LogP contribution in [0.2, 0.25) is 0 Å². The van der Waals surface area contributed by atoms with Crippen LogP contribution >= 0.6 is 0 Å². The van der Waals surface area contributed by atoms with E-state index in [-0.39, 0.29) is 0 Å². The predicted molar refractivity (Wildman–Crippen MR) is 69.5 cm³/mol. The Morgan fingerprint density at radius 3 is 1.78 bits per heavy atom. The smallest absolute Gasteiger partial charge is 0.170 e. The van der Waals surface area contributed by atoms with Gasteiger partial charge in [0.2, 0.25) is 0 Å². The van der Waals surface area contributed by atoms with Crippen LogP contribution in [0, 0.1) is 10.8 Å². The molecule has 0 amide bonds. The average molecular weight is 264 g/mol. The molecule has 1 aliphatic carbocycles. The molecule has 0 aromatic rings. The number of hydrogen-bond donors (Lipinski definition) is 0. The second-order valence-corrected chi connectivity index (χ2v) is 6.20. The fourth-order valence-corrected chi connectivity index (χ4v) is 3.29. The van der Waals surface area contributed by atoms with E-state index in [2.05, 4.69) is 13.8 Å². The molecule has 0 aromatic carbocycles. The van der Waals surface area contributed by atoms with E-state index in [1.807, 2.05) is 6.92 Å². The first-order chi connectivity index (χ1) is 8.33. The summed E-state index contributed by atoms with van der Waals surface area (Å²) in [5.41, 5.74) is -1.89. The molecule has 1 aliphatic rings. The van der Waals surface area contributed by atoms with E-state index in [0.717, 1.165) is 44.9 Å². The quantitative estimate of drug-likeness (QED) is 0.464. The minimum Gasteiger partial charge on any atom is -0.170 e. The molecule has 0 bridgehead atoms. The highest BCUT2D eigenvalue weighted by Gasteiger charge is 2.70. The van der Waals surface area contributed by atoms with Crippen molar-refractivity contribution in [3.05, 3.63) is 0 Å². The molecule has 0 spiro atoms. The van der Waals surface area contributed by atoms with E-state index in [4.69, 9.17) is 0 Å². The zero-order chi connectivity index (χ0) is 13.9. The Balaban J connectivity index is 2.77. The predicted octanol–water partition coefficient (Wildman–Crippen LogP) is 6.11. The first-order valence-corrected chi connectivity index (χ1v) is 7.40. The molecule has 18 heavy (non-hydrogen) atoms. The van der Waals surface area contributed by atoms with Crippen LogP contribution in [0.4, 0.5) is 13.2 Å². The van der Waals surface area contributed by atoms with Crippen LogP contribution in [0.5, 0.6) is 0 Å². The van der Waals surface area contributed by atoms with Crippen molar-refractivity contribution in [2.45, 2.75) is 84.7 Å². The zero-order valence-electron chi connectivity index (χ0n) is 12.0. The summed E-state index contributed by atoms with van der Waals surface area (Å²) in [5, 5.41) is 0. The molecule has 108 valence electrons. The van der Waals surface area contributed by atoms with Gasteiger partial charge >= 0.3 is 6.18 Å². The first-order valence-electron chi connectivity index (χ1n) is 7.40. The molecule has 0 nitrogen and oxygen atoms in total. The molecule has 0 radical (unpaired) electrons. The summed E-state index contributed by atoms with van der Waals surface area (Å²) in [6.07, 6.45) is 3.12. The van der Waals surface area contributed by atoms with Gasteiger partial charge < -0.3 is 0 Å². The summed E-state index contributed by atoms with van der Waals surface area (Å²) in [6.45, 7) is 6.04. The van der Waals surface area contributed by atoms with Crippen LogP contribution in [0.3, 0.4) is 0 Å². The molecule has 1 rings (SSSR count). The third-order valence-electron chi connectivity index (χ3n) is 4.86. The molecule has 0 heterocycles. The second kappa shape index (κ2) is 5.83. The Morgan fingerprint density at radius 1 is 0.889 bits per heavy atom. The molecule has 1 atom stereocenters. The van der Waals surface area contributed by atoms with Gasteiger partial charge in [0, 0.05) is 0 Å². The topological polar surface area (TPSA) is 0 Å². The first kappa shape index (κ1) is 15.8. The number of unbranched alkanes of at least 4 members (excludes halogenated alkanes) is 3. The molecular formula is C15H27F3. The van der Waals surface area contributed by atoms with Gasteiger partial charge in [-0.2, -0.15) is 13.2 Å². The lowest BCUT2D eigenvalue weighted by molar-refractivity contribution is -0.223. The average Bonchev–Trinajstić information content (AvgIpc) is 3.07. The highest BCUT2D eigenvalue weighted by atomic mass is 19.4. The standard InChI is InChI=1S/C15H27F3/c1-4-6-8-10-13(3,9-7-5-2)14(11-12-14)15(16,17)18/h4-12H2,1-3H3. The molecule has 1 unspecified atom stereocenters. The van der Waals surface area contributed by atoms with E-state index in [1.54, 1.807) is 0 Å². The minimum absolute atomic E-state index is 0.350. The van der Waals surface area contributed by atoms with Crippen molar-refractivity contribution in [2.75, 3.05) is 0 Å². The van der Waals surface area contributed by atoms with E-state index in [9.17, 15) is 13.2 Å². The maximum atomic E-state index is 13.3. The number of alkyl halides is 3. The molecule has 0 aromatic heterocycles. The summed E-state index contributed by atoms with van der Waals surface area (Å²) < 4.78 is 40.0. The van der Waals surface area contributed by atoms with Crippen LogP contribution < -0.4 is 0 Å². The third-order valence-corrected chi connectivity index (χ3v) is 4.86. The molecule has 0 N–H and O–H groups in total. The molecule has 1 fully saturated rings. The lowest BCUT2D eigenvalue weighted by atomic mass is 9.67. The van der Waals surface area contributed by atoms with Gasteiger partial charge in [0.1, 0.15) is 0 Å². The fourth-order valence-electron chi connectivity index (χ4n) is 3.29. The Morgan fingerprint density at radius 2 is 1.39 bits per heavy atom. The SMILES string of the molecule is CCCCCC(C)(CCCC)C1(C(F)(F)F)CC1. The summed E-state index contributed by atoms with van der Waals surface area (Å²) in [7, 11) is 0. The monoisotopic (exact) mass is 264 g/mol. The van der Waals surface area contributed by atoms with Gasteiger partial charge in [-0.25, -0.2) is 0 Å². The summed E-state index contributed by atoms with van der Waals surface area (Å²) in [5.74, 6) is 0. The van der Waals surface area contributed by atoms with Crippen molar-refractivity contribution >= 4 is 0 Å². The van der Waals surface area contributed by atoms with E-state index < -0.39 is 17.0 Å². The van der Waals surface area contributed by atoms with Crippen LogP contribution in [-0.4, -0.2) is 6.18 Å². The zero-order valence-corrected chi connectivity index (χ0v) is 12.0. The van der Waals surface area contributed by atoms with E-state index in [1.165, 1.54) is 0 Å². The van der Waals surface area contributed by atoms with Crippen molar-refractivity contribution in [3.8, 4) is 0 Å². The van der Waals surface area contributed by atoms with Crippen molar-refractivity contribution in [1.82, 2.24) is 0 Å². The van der Waals surface area contributed by atoms with Gasteiger partial charge in [0.05, 0.1) is 5.41 Å². The summed E-state index contributed by atoms with van der Waals surface area (Å²) in [6, 6.07) is 0. The van der Waals surface area contributed by atoms with Crippen LogP contribution in [0.1, 0.15) is 78.6 Å². The third kappa shape index (κ3) is 3.03. The van der Waals surface area contributed by atoms with Gasteiger partial charge in [-0.15, -0.1) is 0 Å². The van der Waals surface area contributed by atoms with Crippen molar-refractivity contribution in [2.24, 2.45) is 10.8 Å². The maximum absolute atomic E-state index is 13.3. The largest absolute Gasteiger partial charge is 0.395 e. The Bertz CT molecular complexity index is 253. The van der Waals surface area contributed by atoms with Crippen LogP contribution in [-0.2, 0) is 0 Å². The molecule has 1 saturated carbocycles. The van der Waals surface area contributed by atoms with Gasteiger partial charge in [0.15, 0.2) is 0 Å². The Kier molecular flexibility index (Phi) is 5.13. The molecule has 3 heteroatoms. The van der Waals surface area contributed by atoms with Crippen molar-refractivity contribution < 1.29 is 13.2 Å². The normalized spacial score (nSPS) is 21.7. The highest BCUT2D eigenvalue weighted by Crippen LogP contribution is 2.70. The van der Waals surface area contributed by atoms with Crippen molar-refractivity contribution in [3.63, 3.8) is 0 Å². The number of rotatable bonds is 8. The van der Waals surface area contributed by atoms with Crippen LogP contribution in [0.15, 0.2) is 0 Å². The Hall–Kier alpha value is -0.210. The second-order valence-electron chi connectivity index (χ2n) is 6.20. The minimum atomic E-state index is -4.01.